The van der Waals surface area contributed by atoms with E-state index in [9.17, 15) is 4.79 Å². The first-order valence-corrected chi connectivity index (χ1v) is 6.48. The lowest BCUT2D eigenvalue weighted by Gasteiger charge is -2.37. The number of rotatable bonds is 2. The Morgan fingerprint density at radius 3 is 2.83 bits per heavy atom. The van der Waals surface area contributed by atoms with Gasteiger partial charge in [-0.2, -0.15) is 0 Å². The van der Waals surface area contributed by atoms with Crippen molar-refractivity contribution in [3.63, 3.8) is 0 Å². The Hall–Kier alpha value is -1.72. The van der Waals surface area contributed by atoms with E-state index < -0.39 is 0 Å². The van der Waals surface area contributed by atoms with Crippen molar-refractivity contribution in [3.8, 4) is 0 Å². The highest BCUT2D eigenvalue weighted by molar-refractivity contribution is 5.74. The Kier molecular flexibility index (Phi) is 4.07. The maximum absolute atomic E-state index is 11.7. The third-order valence-corrected chi connectivity index (χ3v) is 3.16. The molecule has 6 nitrogen and oxygen atoms in total. The molecule has 2 amide bonds. The third-order valence-electron chi connectivity index (χ3n) is 3.16. The predicted octanol–water partition coefficient (Wildman–Crippen LogP) is 0.195. The van der Waals surface area contributed by atoms with Crippen molar-refractivity contribution >= 4 is 12.4 Å². The quantitative estimate of drug-likeness (QED) is 0.737. The van der Waals surface area contributed by atoms with Gasteiger partial charge in [0.1, 0.15) is 5.82 Å². The maximum Gasteiger partial charge on any atom is 0.317 e. The molecule has 2 aliphatic heterocycles. The molecular formula is C12H21N5O. The highest BCUT2D eigenvalue weighted by Gasteiger charge is 2.22. The van der Waals surface area contributed by atoms with Crippen molar-refractivity contribution in [1.29, 1.82) is 0 Å². The molecule has 1 fully saturated rings. The Morgan fingerprint density at radius 2 is 2.22 bits per heavy atom. The molecule has 2 N–H and O–H groups in total. The fourth-order valence-electron chi connectivity index (χ4n) is 2.15. The minimum atomic E-state index is 0.0395. The average Bonchev–Trinajstić information content (AvgIpc) is 2.39. The summed E-state index contributed by atoms with van der Waals surface area (Å²) < 4.78 is 0. The van der Waals surface area contributed by atoms with Crippen molar-refractivity contribution < 1.29 is 4.79 Å². The van der Waals surface area contributed by atoms with E-state index in [2.05, 4.69) is 33.5 Å². The van der Waals surface area contributed by atoms with Crippen LogP contribution in [0.1, 0.15) is 13.8 Å². The summed E-state index contributed by atoms with van der Waals surface area (Å²) in [5.74, 6) is 1.10. The second-order valence-electron chi connectivity index (χ2n) is 4.52. The van der Waals surface area contributed by atoms with Crippen LogP contribution in [0.2, 0.25) is 0 Å². The van der Waals surface area contributed by atoms with Crippen LogP contribution >= 0.6 is 0 Å². The monoisotopic (exact) mass is 251 g/mol. The number of carbonyl (C=O) groups is 1. The number of nitrogens with one attached hydrogen (secondary N) is 2. The highest BCUT2D eigenvalue weighted by Crippen LogP contribution is 2.11. The zero-order chi connectivity index (χ0) is 13.0. The summed E-state index contributed by atoms with van der Waals surface area (Å²) in [7, 11) is 0. The van der Waals surface area contributed by atoms with Gasteiger partial charge < -0.3 is 20.4 Å². The van der Waals surface area contributed by atoms with E-state index in [-0.39, 0.29) is 12.1 Å². The van der Waals surface area contributed by atoms with Gasteiger partial charge in [0.15, 0.2) is 0 Å². The Morgan fingerprint density at radius 1 is 1.50 bits per heavy atom. The first-order chi connectivity index (χ1) is 8.70. The second kappa shape index (κ2) is 5.75. The van der Waals surface area contributed by atoms with Gasteiger partial charge in [-0.15, -0.1) is 0 Å². The summed E-state index contributed by atoms with van der Waals surface area (Å²) in [4.78, 5) is 20.0. The molecule has 18 heavy (non-hydrogen) atoms. The topological polar surface area (TPSA) is 60.0 Å². The number of amides is 2. The number of aliphatic imine (C=N–C) groups is 1. The fourth-order valence-corrected chi connectivity index (χ4v) is 2.15. The summed E-state index contributed by atoms with van der Waals surface area (Å²) in [5, 5.41) is 6.00. The number of hydrogen-bond donors (Lipinski definition) is 2. The summed E-state index contributed by atoms with van der Waals surface area (Å²) in [6, 6.07) is 0.264. The van der Waals surface area contributed by atoms with Gasteiger partial charge in [0.05, 0.1) is 12.4 Å². The van der Waals surface area contributed by atoms with E-state index in [4.69, 9.17) is 0 Å². The van der Waals surface area contributed by atoms with Crippen molar-refractivity contribution in [1.82, 2.24) is 20.4 Å². The largest absolute Gasteiger partial charge is 0.355 e. The lowest BCUT2D eigenvalue weighted by molar-refractivity contribution is 0.155. The lowest BCUT2D eigenvalue weighted by Crippen LogP contribution is -2.52. The zero-order valence-corrected chi connectivity index (χ0v) is 11.0. The van der Waals surface area contributed by atoms with Crippen LogP contribution in [0, 0.1) is 0 Å². The van der Waals surface area contributed by atoms with Crippen LogP contribution in [-0.4, -0.2) is 60.9 Å². The first kappa shape index (κ1) is 12.7. The van der Waals surface area contributed by atoms with E-state index in [1.165, 1.54) is 0 Å². The van der Waals surface area contributed by atoms with Gasteiger partial charge in [0.2, 0.25) is 0 Å². The number of carbonyl (C=O) groups excluding carboxylic acids is 1. The number of hydrogen-bond acceptors (Lipinski definition) is 4. The molecule has 0 aliphatic carbocycles. The normalized spacial score (nSPS) is 23.4. The minimum Gasteiger partial charge on any atom is -0.355 e. The van der Waals surface area contributed by atoms with Crippen LogP contribution in [-0.2, 0) is 0 Å². The molecule has 0 radical (unpaired) electrons. The van der Waals surface area contributed by atoms with Gasteiger partial charge in [0.25, 0.3) is 0 Å². The maximum atomic E-state index is 11.7. The molecule has 0 aromatic rings. The average molecular weight is 251 g/mol. The molecule has 0 aromatic carbocycles. The molecule has 0 aromatic heterocycles. The van der Waals surface area contributed by atoms with Gasteiger partial charge >= 0.3 is 6.03 Å². The Balaban J connectivity index is 1.85. The zero-order valence-electron chi connectivity index (χ0n) is 11.0. The van der Waals surface area contributed by atoms with Crippen LogP contribution in [0.15, 0.2) is 16.9 Å². The SMILES string of the molecule is CCNC(=O)N1CCN(C2=CC(C)N=CN2)CC1. The summed E-state index contributed by atoms with van der Waals surface area (Å²) in [6.07, 6.45) is 3.86. The smallest absolute Gasteiger partial charge is 0.317 e. The second-order valence-corrected chi connectivity index (χ2v) is 4.52. The van der Waals surface area contributed by atoms with E-state index in [1.54, 1.807) is 6.34 Å². The molecule has 1 saturated heterocycles. The molecule has 2 rings (SSSR count). The molecule has 6 heteroatoms. The minimum absolute atomic E-state index is 0.0395. The van der Waals surface area contributed by atoms with Crippen molar-refractivity contribution in [2.75, 3.05) is 32.7 Å². The van der Waals surface area contributed by atoms with E-state index in [0.29, 0.717) is 6.54 Å². The Bertz CT molecular complexity index is 357. The van der Waals surface area contributed by atoms with Crippen molar-refractivity contribution in [2.45, 2.75) is 19.9 Å². The lowest BCUT2D eigenvalue weighted by atomic mass is 10.2. The first-order valence-electron chi connectivity index (χ1n) is 6.48. The van der Waals surface area contributed by atoms with Gasteiger partial charge in [-0.05, 0) is 19.9 Å². The molecule has 0 bridgehead atoms. The van der Waals surface area contributed by atoms with E-state index >= 15 is 0 Å². The highest BCUT2D eigenvalue weighted by atomic mass is 16.2. The molecule has 1 unspecified atom stereocenters. The van der Waals surface area contributed by atoms with Crippen LogP contribution in [0.25, 0.3) is 0 Å². The Labute approximate surface area is 108 Å². The standard InChI is InChI=1S/C12H21N5O/c1-3-13-12(18)17-6-4-16(5-7-17)11-8-10(2)14-9-15-11/h8-10H,3-7H2,1-2H3,(H,13,18)(H,14,15). The summed E-state index contributed by atoms with van der Waals surface area (Å²) >= 11 is 0. The molecular weight excluding hydrogens is 230 g/mol. The molecule has 0 spiro atoms. The van der Waals surface area contributed by atoms with Crippen LogP contribution in [0.4, 0.5) is 4.79 Å². The van der Waals surface area contributed by atoms with Gasteiger partial charge in [-0.25, -0.2) is 4.79 Å². The number of piperazine rings is 1. The van der Waals surface area contributed by atoms with E-state index in [1.807, 2.05) is 11.8 Å². The molecule has 2 aliphatic rings. The fraction of sp³-hybridized carbons (Fsp3) is 0.667. The predicted molar refractivity (Wildman–Crippen MR) is 71.4 cm³/mol. The summed E-state index contributed by atoms with van der Waals surface area (Å²) in [6.45, 7) is 7.91. The van der Waals surface area contributed by atoms with Gasteiger partial charge in [-0.1, -0.05) is 0 Å². The van der Waals surface area contributed by atoms with Gasteiger partial charge in [0, 0.05) is 32.7 Å². The third kappa shape index (κ3) is 2.94. The van der Waals surface area contributed by atoms with Crippen LogP contribution in [0.5, 0.6) is 0 Å². The molecule has 1 atom stereocenters. The number of urea groups is 1. The van der Waals surface area contributed by atoms with Crippen LogP contribution < -0.4 is 10.6 Å². The van der Waals surface area contributed by atoms with Crippen molar-refractivity contribution in [2.24, 2.45) is 4.99 Å². The van der Waals surface area contributed by atoms with Gasteiger partial charge in [-0.3, -0.25) is 4.99 Å². The number of nitrogens with zero attached hydrogens (tertiary/aromatic N) is 3. The van der Waals surface area contributed by atoms with E-state index in [0.717, 1.165) is 32.0 Å². The molecule has 2 heterocycles. The molecule has 0 saturated carbocycles. The van der Waals surface area contributed by atoms with Crippen LogP contribution in [0.3, 0.4) is 0 Å². The van der Waals surface area contributed by atoms with Crippen molar-refractivity contribution in [3.05, 3.63) is 11.9 Å². The molecule has 100 valence electrons. The summed E-state index contributed by atoms with van der Waals surface area (Å²) in [5.41, 5.74) is 0.